The van der Waals surface area contributed by atoms with Gasteiger partial charge in [-0.2, -0.15) is 0 Å². The number of nitrogens with zero attached hydrogens (tertiary/aromatic N) is 1. The van der Waals surface area contributed by atoms with Gasteiger partial charge in [-0.25, -0.2) is 9.38 Å². The number of carbonyl (C=O) groups excluding carboxylic acids is 1. The molecule has 0 aliphatic carbocycles. The highest BCUT2D eigenvalue weighted by Crippen LogP contribution is 2.34. The second-order valence-electron chi connectivity index (χ2n) is 5.31. The van der Waals surface area contributed by atoms with E-state index in [2.05, 4.69) is 10.3 Å². The van der Waals surface area contributed by atoms with Crippen molar-refractivity contribution in [3.8, 4) is 0 Å². The Hall–Kier alpha value is -2.95. The Balaban J connectivity index is 2.19. The number of carbonyl (C=O) groups is 1. The molecule has 0 bridgehead atoms. The monoisotopic (exact) mass is 309 g/mol. The number of guanidine groups is 1. The quantitative estimate of drug-likeness (QED) is 0.916. The standard InChI is InChI=1S/C18H16FN3O/c1-11(23)15-16(12-6-3-2-4-7-12)21-18(20)22-17(15)13-8-5-9-14(19)10-13/h2-10,17H,1H3,(H3,20,21,22). The van der Waals surface area contributed by atoms with E-state index in [0.29, 0.717) is 16.8 Å². The van der Waals surface area contributed by atoms with Gasteiger partial charge in [0.25, 0.3) is 0 Å². The average Bonchev–Trinajstić information content (AvgIpc) is 2.54. The molecule has 0 saturated heterocycles. The molecule has 116 valence electrons. The summed E-state index contributed by atoms with van der Waals surface area (Å²) in [5, 5.41) is 2.97. The lowest BCUT2D eigenvalue weighted by Gasteiger charge is -2.26. The predicted octanol–water partition coefficient (Wildman–Crippen LogP) is 2.79. The molecule has 4 nitrogen and oxygen atoms in total. The molecule has 0 spiro atoms. The van der Waals surface area contributed by atoms with Gasteiger partial charge in [0, 0.05) is 5.57 Å². The molecule has 0 saturated carbocycles. The second kappa shape index (κ2) is 6.04. The highest BCUT2D eigenvalue weighted by atomic mass is 19.1. The van der Waals surface area contributed by atoms with Crippen molar-refractivity contribution in [2.24, 2.45) is 10.7 Å². The minimum Gasteiger partial charge on any atom is -0.370 e. The summed E-state index contributed by atoms with van der Waals surface area (Å²) < 4.78 is 13.6. The summed E-state index contributed by atoms with van der Waals surface area (Å²) in [7, 11) is 0. The van der Waals surface area contributed by atoms with Crippen molar-refractivity contribution in [3.63, 3.8) is 0 Å². The Morgan fingerprint density at radius 3 is 2.57 bits per heavy atom. The van der Waals surface area contributed by atoms with E-state index in [9.17, 15) is 9.18 Å². The van der Waals surface area contributed by atoms with Crippen LogP contribution in [0.2, 0.25) is 0 Å². The molecule has 1 unspecified atom stereocenters. The third kappa shape index (κ3) is 2.99. The average molecular weight is 309 g/mol. The van der Waals surface area contributed by atoms with Crippen molar-refractivity contribution >= 4 is 17.4 Å². The van der Waals surface area contributed by atoms with Gasteiger partial charge in [-0.3, -0.25) is 4.79 Å². The summed E-state index contributed by atoms with van der Waals surface area (Å²) in [4.78, 5) is 16.6. The summed E-state index contributed by atoms with van der Waals surface area (Å²) in [6, 6.07) is 14.8. The molecule has 3 N–H and O–H groups in total. The Kier molecular flexibility index (Phi) is 3.93. The van der Waals surface area contributed by atoms with Crippen LogP contribution in [0.3, 0.4) is 0 Å². The van der Waals surface area contributed by atoms with Crippen LogP contribution in [-0.4, -0.2) is 11.7 Å². The van der Waals surface area contributed by atoms with Gasteiger partial charge in [-0.1, -0.05) is 42.5 Å². The smallest absolute Gasteiger partial charge is 0.194 e. The SMILES string of the molecule is CC(=O)C1=C(c2ccccc2)NC(N)=NC1c1cccc(F)c1. The van der Waals surface area contributed by atoms with E-state index < -0.39 is 6.04 Å². The van der Waals surface area contributed by atoms with Gasteiger partial charge in [-0.05, 0) is 30.2 Å². The van der Waals surface area contributed by atoms with Crippen molar-refractivity contribution in [2.45, 2.75) is 13.0 Å². The number of ketones is 1. The molecular formula is C18H16FN3O. The van der Waals surface area contributed by atoms with Crippen molar-refractivity contribution < 1.29 is 9.18 Å². The summed E-state index contributed by atoms with van der Waals surface area (Å²) >= 11 is 0. The molecule has 0 aromatic heterocycles. The van der Waals surface area contributed by atoms with E-state index >= 15 is 0 Å². The molecular weight excluding hydrogens is 293 g/mol. The number of Topliss-reactive ketones (excluding diaryl/α,β-unsaturated/α-hetero) is 1. The second-order valence-corrected chi connectivity index (χ2v) is 5.31. The molecule has 2 aromatic rings. The van der Waals surface area contributed by atoms with Gasteiger partial charge in [-0.15, -0.1) is 0 Å². The van der Waals surface area contributed by atoms with Gasteiger partial charge in [0.15, 0.2) is 11.7 Å². The van der Waals surface area contributed by atoms with Crippen LogP contribution in [0.5, 0.6) is 0 Å². The zero-order chi connectivity index (χ0) is 16.4. The molecule has 1 aliphatic rings. The number of aliphatic imine (C=N–C) groups is 1. The lowest BCUT2D eigenvalue weighted by molar-refractivity contribution is -0.113. The molecule has 1 aliphatic heterocycles. The number of rotatable bonds is 3. The summed E-state index contributed by atoms with van der Waals surface area (Å²) in [5.74, 6) is -0.316. The van der Waals surface area contributed by atoms with Gasteiger partial charge in [0.05, 0.1) is 5.70 Å². The van der Waals surface area contributed by atoms with Crippen LogP contribution in [0.4, 0.5) is 4.39 Å². The van der Waals surface area contributed by atoms with E-state index in [1.165, 1.54) is 19.1 Å². The Morgan fingerprint density at radius 2 is 1.91 bits per heavy atom. The Labute approximate surface area is 133 Å². The van der Waals surface area contributed by atoms with Crippen LogP contribution in [0.1, 0.15) is 24.1 Å². The van der Waals surface area contributed by atoms with Crippen LogP contribution in [0, 0.1) is 5.82 Å². The first-order valence-electron chi connectivity index (χ1n) is 7.22. The molecule has 1 heterocycles. The maximum Gasteiger partial charge on any atom is 0.194 e. The van der Waals surface area contributed by atoms with E-state index in [-0.39, 0.29) is 17.6 Å². The predicted molar refractivity (Wildman–Crippen MR) is 87.9 cm³/mol. The van der Waals surface area contributed by atoms with Crippen LogP contribution in [0.25, 0.3) is 5.70 Å². The Bertz CT molecular complexity index is 812. The highest BCUT2D eigenvalue weighted by molar-refractivity contribution is 6.06. The van der Waals surface area contributed by atoms with Gasteiger partial charge >= 0.3 is 0 Å². The van der Waals surface area contributed by atoms with Crippen molar-refractivity contribution in [1.82, 2.24) is 5.32 Å². The van der Waals surface area contributed by atoms with E-state index in [4.69, 9.17) is 5.73 Å². The summed E-state index contributed by atoms with van der Waals surface area (Å²) in [5.41, 5.74) is 8.39. The van der Waals surface area contributed by atoms with Gasteiger partial charge < -0.3 is 11.1 Å². The fourth-order valence-corrected chi connectivity index (χ4v) is 2.69. The molecule has 23 heavy (non-hydrogen) atoms. The van der Waals surface area contributed by atoms with Gasteiger partial charge in [0.1, 0.15) is 11.9 Å². The van der Waals surface area contributed by atoms with Crippen molar-refractivity contribution in [3.05, 3.63) is 77.1 Å². The van der Waals surface area contributed by atoms with Crippen molar-refractivity contribution in [2.75, 3.05) is 0 Å². The van der Waals surface area contributed by atoms with E-state index in [1.807, 2.05) is 30.3 Å². The lowest BCUT2D eigenvalue weighted by atomic mass is 9.91. The van der Waals surface area contributed by atoms with Crippen LogP contribution < -0.4 is 11.1 Å². The number of hydrogen-bond acceptors (Lipinski definition) is 4. The van der Waals surface area contributed by atoms with E-state index in [1.54, 1.807) is 12.1 Å². The minimum absolute atomic E-state index is 0.137. The fourth-order valence-electron chi connectivity index (χ4n) is 2.69. The van der Waals surface area contributed by atoms with Gasteiger partial charge in [0.2, 0.25) is 0 Å². The first kappa shape index (κ1) is 15.0. The third-order valence-corrected chi connectivity index (χ3v) is 3.67. The largest absolute Gasteiger partial charge is 0.370 e. The maximum absolute atomic E-state index is 13.6. The molecule has 0 radical (unpaired) electrons. The fraction of sp³-hybridized carbons (Fsp3) is 0.111. The molecule has 3 rings (SSSR count). The summed E-state index contributed by atoms with van der Waals surface area (Å²) in [6.45, 7) is 1.48. The van der Waals surface area contributed by atoms with Crippen molar-refractivity contribution in [1.29, 1.82) is 0 Å². The number of benzene rings is 2. The maximum atomic E-state index is 13.6. The van der Waals surface area contributed by atoms with E-state index in [0.717, 1.165) is 5.56 Å². The molecule has 1 atom stereocenters. The van der Waals surface area contributed by atoms with Crippen LogP contribution in [-0.2, 0) is 4.79 Å². The third-order valence-electron chi connectivity index (χ3n) is 3.67. The Morgan fingerprint density at radius 1 is 1.17 bits per heavy atom. The molecule has 5 heteroatoms. The first-order chi connectivity index (χ1) is 11.1. The number of hydrogen-bond donors (Lipinski definition) is 2. The van der Waals surface area contributed by atoms with Crippen LogP contribution >= 0.6 is 0 Å². The first-order valence-corrected chi connectivity index (χ1v) is 7.22. The number of halogens is 1. The zero-order valence-corrected chi connectivity index (χ0v) is 12.6. The molecule has 2 aromatic carbocycles. The topological polar surface area (TPSA) is 67.5 Å². The van der Waals surface area contributed by atoms with Crippen LogP contribution in [0.15, 0.2) is 65.2 Å². The number of nitrogens with one attached hydrogen (secondary N) is 1. The normalized spacial score (nSPS) is 17.5. The zero-order valence-electron chi connectivity index (χ0n) is 12.6. The minimum atomic E-state index is -0.625. The summed E-state index contributed by atoms with van der Waals surface area (Å²) in [6.07, 6.45) is 0. The molecule has 0 amide bonds. The lowest BCUT2D eigenvalue weighted by Crippen LogP contribution is -2.36. The highest BCUT2D eigenvalue weighted by Gasteiger charge is 2.28. The number of nitrogens with two attached hydrogens (primary N) is 1. The molecule has 0 fully saturated rings.